The van der Waals surface area contributed by atoms with Gasteiger partial charge < -0.3 is 15.0 Å². The van der Waals surface area contributed by atoms with Crippen LogP contribution in [0.1, 0.15) is 17.5 Å². The third-order valence-corrected chi connectivity index (χ3v) is 4.95. The van der Waals surface area contributed by atoms with Crippen molar-refractivity contribution in [2.24, 2.45) is 0 Å². The molecule has 1 atom stereocenters. The highest BCUT2D eigenvalue weighted by Crippen LogP contribution is 2.26. The van der Waals surface area contributed by atoms with Crippen LogP contribution in [0.4, 0.5) is 0 Å². The van der Waals surface area contributed by atoms with E-state index in [4.69, 9.17) is 0 Å². The predicted octanol–water partition coefficient (Wildman–Crippen LogP) is 1.27. The molecule has 2 aromatic heterocycles. The molecule has 1 aliphatic rings. The van der Waals surface area contributed by atoms with Gasteiger partial charge in [0.15, 0.2) is 0 Å². The minimum Gasteiger partial charge on any atom is -0.386 e. The zero-order chi connectivity index (χ0) is 17.4. The molecule has 4 rings (SSSR count). The first-order chi connectivity index (χ1) is 12.0. The minimum absolute atomic E-state index is 0.0404. The number of H-pyrrole nitrogens is 1. The molecule has 3 aromatic rings. The number of nitrogens with one attached hydrogen (secondary N) is 1. The summed E-state index contributed by atoms with van der Waals surface area (Å²) in [6.45, 7) is 3.29. The number of aryl methyl sites for hydroxylation is 1. The summed E-state index contributed by atoms with van der Waals surface area (Å²) < 4.78 is 1.61. The molecule has 7 heteroatoms. The van der Waals surface area contributed by atoms with E-state index < -0.39 is 5.60 Å². The molecule has 0 radical (unpaired) electrons. The molecule has 1 amide bonds. The smallest absolute Gasteiger partial charge is 0.227 e. The fourth-order valence-electron chi connectivity index (χ4n) is 3.68. The zero-order valence-corrected chi connectivity index (χ0v) is 14.1. The number of aromatic amines is 1. The number of likely N-dealkylation sites (tertiary alicyclic amines) is 1. The number of fused-ring (bicyclic) bond motifs is 1. The number of aliphatic hydroxyl groups is 1. The molecule has 1 fully saturated rings. The Kier molecular flexibility index (Phi) is 3.80. The van der Waals surface area contributed by atoms with E-state index in [1.165, 1.54) is 0 Å². The fourth-order valence-corrected chi connectivity index (χ4v) is 3.68. The van der Waals surface area contributed by atoms with E-state index in [-0.39, 0.29) is 5.91 Å². The quantitative estimate of drug-likeness (QED) is 0.749. The van der Waals surface area contributed by atoms with Crippen molar-refractivity contribution < 1.29 is 9.90 Å². The Hall–Kier alpha value is -2.67. The van der Waals surface area contributed by atoms with Crippen LogP contribution in [0.25, 0.3) is 10.9 Å². The van der Waals surface area contributed by atoms with Gasteiger partial charge in [-0.2, -0.15) is 0 Å². The van der Waals surface area contributed by atoms with Gasteiger partial charge in [-0.1, -0.05) is 17.3 Å². The molecule has 1 aromatic carbocycles. The van der Waals surface area contributed by atoms with Gasteiger partial charge in [-0.25, -0.2) is 4.68 Å². The molecule has 25 heavy (non-hydrogen) atoms. The number of hydrogen-bond donors (Lipinski definition) is 2. The highest BCUT2D eigenvalue weighted by Gasteiger charge is 2.38. The first-order valence-corrected chi connectivity index (χ1v) is 8.44. The van der Waals surface area contributed by atoms with Crippen molar-refractivity contribution in [3.8, 4) is 0 Å². The monoisotopic (exact) mass is 339 g/mol. The van der Waals surface area contributed by atoms with Gasteiger partial charge in [-0.05, 0) is 30.5 Å². The van der Waals surface area contributed by atoms with Crippen molar-refractivity contribution in [1.29, 1.82) is 0 Å². The normalized spacial score (nSPS) is 20.5. The molecule has 130 valence electrons. The maximum absolute atomic E-state index is 12.7. The lowest BCUT2D eigenvalue weighted by atomic mass is 10.0. The van der Waals surface area contributed by atoms with Crippen molar-refractivity contribution in [3.63, 3.8) is 0 Å². The number of rotatable bonds is 4. The highest BCUT2D eigenvalue weighted by molar-refractivity contribution is 5.91. The summed E-state index contributed by atoms with van der Waals surface area (Å²) in [6, 6.07) is 6.07. The van der Waals surface area contributed by atoms with E-state index in [1.54, 1.807) is 22.0 Å². The van der Waals surface area contributed by atoms with Crippen molar-refractivity contribution >= 4 is 16.8 Å². The molecule has 1 saturated heterocycles. The zero-order valence-electron chi connectivity index (χ0n) is 14.1. The van der Waals surface area contributed by atoms with Crippen LogP contribution in [0.15, 0.2) is 36.8 Å². The highest BCUT2D eigenvalue weighted by atomic mass is 16.3. The summed E-state index contributed by atoms with van der Waals surface area (Å²) in [4.78, 5) is 17.7. The Balaban J connectivity index is 1.46. The number of benzene rings is 1. The summed E-state index contributed by atoms with van der Waals surface area (Å²) in [5, 5.41) is 19.5. The Morgan fingerprint density at radius 1 is 1.44 bits per heavy atom. The molecular formula is C18H21N5O2. The molecule has 1 aliphatic heterocycles. The lowest BCUT2D eigenvalue weighted by Gasteiger charge is -2.23. The summed E-state index contributed by atoms with van der Waals surface area (Å²) in [5.41, 5.74) is 2.27. The Bertz CT molecular complexity index is 901. The maximum Gasteiger partial charge on any atom is 0.227 e. The molecule has 1 unspecified atom stereocenters. The number of hydrogen-bond acceptors (Lipinski definition) is 4. The lowest BCUT2D eigenvalue weighted by molar-refractivity contribution is -0.130. The van der Waals surface area contributed by atoms with Crippen molar-refractivity contribution in [3.05, 3.63) is 47.9 Å². The van der Waals surface area contributed by atoms with Crippen molar-refractivity contribution in [1.82, 2.24) is 24.9 Å². The second-order valence-corrected chi connectivity index (χ2v) is 6.88. The van der Waals surface area contributed by atoms with Crippen LogP contribution in [-0.2, 0) is 17.8 Å². The van der Waals surface area contributed by atoms with Crippen LogP contribution in [0.5, 0.6) is 0 Å². The van der Waals surface area contributed by atoms with Gasteiger partial charge in [0.05, 0.1) is 25.7 Å². The third kappa shape index (κ3) is 3.02. The number of amides is 1. The van der Waals surface area contributed by atoms with Gasteiger partial charge in [0.25, 0.3) is 0 Å². The van der Waals surface area contributed by atoms with Crippen molar-refractivity contribution in [2.45, 2.75) is 31.9 Å². The molecular weight excluding hydrogens is 318 g/mol. The second kappa shape index (κ2) is 6.00. The van der Waals surface area contributed by atoms with Crippen LogP contribution in [-0.4, -0.2) is 54.6 Å². The number of nitrogens with zero attached hydrogens (tertiary/aromatic N) is 4. The number of aromatic nitrogens is 4. The molecule has 3 heterocycles. The Labute approximate surface area is 145 Å². The molecule has 0 spiro atoms. The first-order valence-electron chi connectivity index (χ1n) is 8.44. The summed E-state index contributed by atoms with van der Waals surface area (Å²) in [5.74, 6) is 0.0404. The van der Waals surface area contributed by atoms with Gasteiger partial charge in [0.2, 0.25) is 5.91 Å². The number of carbonyl (C=O) groups is 1. The first kappa shape index (κ1) is 15.8. The van der Waals surface area contributed by atoms with Crippen LogP contribution >= 0.6 is 0 Å². The summed E-state index contributed by atoms with van der Waals surface area (Å²) in [6.07, 6.45) is 6.10. The molecule has 0 saturated carbocycles. The van der Waals surface area contributed by atoms with Crippen LogP contribution in [0.2, 0.25) is 0 Å². The average molecular weight is 339 g/mol. The largest absolute Gasteiger partial charge is 0.386 e. The Morgan fingerprint density at radius 3 is 3.12 bits per heavy atom. The summed E-state index contributed by atoms with van der Waals surface area (Å²) in [7, 11) is 0. The van der Waals surface area contributed by atoms with E-state index in [9.17, 15) is 9.90 Å². The van der Waals surface area contributed by atoms with Gasteiger partial charge in [0, 0.05) is 29.8 Å². The SMILES string of the molecule is Cc1cccc2[nH]cc(CC(=O)N3CCC(O)(Cn4ccnn4)C3)c12. The van der Waals surface area contributed by atoms with Crippen LogP contribution in [0.3, 0.4) is 0 Å². The molecule has 2 N–H and O–H groups in total. The average Bonchev–Trinajstić information content (AvgIpc) is 3.29. The fraction of sp³-hybridized carbons (Fsp3) is 0.389. The molecule has 7 nitrogen and oxygen atoms in total. The van der Waals surface area contributed by atoms with Crippen LogP contribution in [0, 0.1) is 6.92 Å². The minimum atomic E-state index is -0.945. The van der Waals surface area contributed by atoms with E-state index in [0.29, 0.717) is 32.5 Å². The second-order valence-electron chi connectivity index (χ2n) is 6.88. The van der Waals surface area contributed by atoms with Crippen molar-refractivity contribution in [2.75, 3.05) is 13.1 Å². The van der Waals surface area contributed by atoms with Gasteiger partial charge in [-0.15, -0.1) is 5.10 Å². The summed E-state index contributed by atoms with van der Waals surface area (Å²) >= 11 is 0. The van der Waals surface area contributed by atoms with E-state index >= 15 is 0 Å². The predicted molar refractivity (Wildman–Crippen MR) is 92.9 cm³/mol. The van der Waals surface area contributed by atoms with Gasteiger partial charge in [-0.3, -0.25) is 4.79 Å². The standard InChI is InChI=1S/C18H21N5O2/c1-13-3-2-4-15-17(13)14(10-19-15)9-16(24)22-7-5-18(25,11-22)12-23-8-6-20-21-23/h2-4,6,8,10,19,25H,5,7,9,11-12H2,1H3. The number of carbonyl (C=O) groups excluding carboxylic acids is 1. The van der Waals surface area contributed by atoms with E-state index in [0.717, 1.165) is 22.0 Å². The molecule has 0 aliphatic carbocycles. The van der Waals surface area contributed by atoms with Gasteiger partial charge >= 0.3 is 0 Å². The van der Waals surface area contributed by atoms with Gasteiger partial charge in [0.1, 0.15) is 5.60 Å². The topological polar surface area (TPSA) is 87.0 Å². The lowest BCUT2D eigenvalue weighted by Crippen LogP contribution is -2.40. The van der Waals surface area contributed by atoms with E-state index in [2.05, 4.69) is 28.3 Å². The Morgan fingerprint density at radius 2 is 2.32 bits per heavy atom. The third-order valence-electron chi connectivity index (χ3n) is 4.95. The number of β-amino-alcohol motifs (C(OH)–C–C–N with tert-alkyl or cyclic N) is 1. The van der Waals surface area contributed by atoms with E-state index in [1.807, 2.05) is 18.3 Å². The maximum atomic E-state index is 12.7. The van der Waals surface area contributed by atoms with Crippen LogP contribution < -0.4 is 0 Å². The molecule has 0 bridgehead atoms.